The fourth-order valence-corrected chi connectivity index (χ4v) is 8.74. The molecule has 0 amide bonds. The molecule has 0 spiro atoms. The Labute approximate surface area is 339 Å². The molecule has 0 aromatic heterocycles. The summed E-state index contributed by atoms with van der Waals surface area (Å²) in [6, 6.07) is 54.3. The van der Waals surface area contributed by atoms with Gasteiger partial charge in [0, 0.05) is 5.41 Å². The average Bonchev–Trinajstić information content (AvgIpc) is 3.44. The average molecular weight is 735 g/mol. The van der Waals surface area contributed by atoms with Gasteiger partial charge in [0.05, 0.1) is 0 Å². The largest absolute Gasteiger partial charge is 0.106 e. The Bertz CT molecular complexity index is 2890. The molecule has 0 radical (unpaired) electrons. The lowest BCUT2D eigenvalue weighted by atomic mass is 9.79. The molecular weight excluding hydrogens is 685 g/mol. The highest BCUT2D eigenvalue weighted by molar-refractivity contribution is 6.22. The van der Waals surface area contributed by atoms with Crippen LogP contribution in [0.3, 0.4) is 0 Å². The molecule has 8 aromatic carbocycles. The molecule has 1 aliphatic rings. The quantitative estimate of drug-likeness (QED) is 0.118. The summed E-state index contributed by atoms with van der Waals surface area (Å²) in [5.74, 6) is 0. The lowest BCUT2D eigenvalue weighted by molar-refractivity contribution is 0.639. The van der Waals surface area contributed by atoms with Crippen molar-refractivity contribution in [3.63, 3.8) is 0 Å². The zero-order chi connectivity index (χ0) is 40.4. The first kappa shape index (κ1) is 38.5. The Morgan fingerprint density at radius 3 is 1.67 bits per heavy atom. The summed E-state index contributed by atoms with van der Waals surface area (Å²) in [4.78, 5) is 0. The first-order valence-corrected chi connectivity index (χ1v) is 19.6. The van der Waals surface area contributed by atoms with Crippen molar-refractivity contribution in [1.29, 1.82) is 0 Å². The SMILES string of the molecule is C=C.C=C.C=Cc1ccc(-c2ccc3c(-c4ccc5c(c4)C(C)(C)C(C)=C5C)c4ccccc4c(-c4cccc(-c5ccc6ccccc6c5)c4)c3c2)cc1C=C. The molecule has 0 atom stereocenters. The van der Waals surface area contributed by atoms with E-state index in [4.69, 9.17) is 0 Å². The number of allylic oxidation sites excluding steroid dienone is 2. The van der Waals surface area contributed by atoms with Gasteiger partial charge in [-0.15, -0.1) is 26.3 Å². The highest BCUT2D eigenvalue weighted by Gasteiger charge is 2.34. The molecule has 57 heavy (non-hydrogen) atoms. The van der Waals surface area contributed by atoms with E-state index in [9.17, 15) is 0 Å². The first-order chi connectivity index (χ1) is 27.8. The van der Waals surface area contributed by atoms with Crippen LogP contribution < -0.4 is 0 Å². The van der Waals surface area contributed by atoms with E-state index >= 15 is 0 Å². The zero-order valence-corrected chi connectivity index (χ0v) is 33.8. The Kier molecular flexibility index (Phi) is 10.7. The van der Waals surface area contributed by atoms with Crippen molar-refractivity contribution < 1.29 is 0 Å². The molecule has 0 unspecified atom stereocenters. The van der Waals surface area contributed by atoms with Gasteiger partial charge in [0.1, 0.15) is 0 Å². The highest BCUT2D eigenvalue weighted by atomic mass is 14.4. The van der Waals surface area contributed by atoms with Crippen LogP contribution >= 0.6 is 0 Å². The molecule has 9 rings (SSSR count). The molecule has 0 aliphatic heterocycles. The summed E-state index contributed by atoms with van der Waals surface area (Å²) in [7, 11) is 0. The predicted molar refractivity (Wildman–Crippen MR) is 255 cm³/mol. The first-order valence-electron chi connectivity index (χ1n) is 19.6. The summed E-state index contributed by atoms with van der Waals surface area (Å²) < 4.78 is 0. The lowest BCUT2D eigenvalue weighted by Crippen LogP contribution is -2.15. The number of benzene rings is 8. The van der Waals surface area contributed by atoms with Gasteiger partial charge in [0.2, 0.25) is 0 Å². The number of hydrogen-bond donors (Lipinski definition) is 0. The van der Waals surface area contributed by atoms with Gasteiger partial charge < -0.3 is 0 Å². The van der Waals surface area contributed by atoms with Gasteiger partial charge in [0.15, 0.2) is 0 Å². The van der Waals surface area contributed by atoms with E-state index in [1.54, 1.807) is 0 Å². The van der Waals surface area contributed by atoms with Crippen LogP contribution in [0.4, 0.5) is 0 Å². The van der Waals surface area contributed by atoms with Gasteiger partial charge in [-0.1, -0.05) is 160 Å². The van der Waals surface area contributed by atoms with Crippen LogP contribution in [0, 0.1) is 0 Å². The highest BCUT2D eigenvalue weighted by Crippen LogP contribution is 2.50. The van der Waals surface area contributed by atoms with E-state index in [0.717, 1.165) is 16.7 Å². The second-order valence-corrected chi connectivity index (χ2v) is 15.1. The maximum Gasteiger partial charge on any atom is 0.0114 e. The van der Waals surface area contributed by atoms with Crippen LogP contribution in [0.2, 0.25) is 0 Å². The van der Waals surface area contributed by atoms with E-state index in [1.165, 1.54) is 93.5 Å². The van der Waals surface area contributed by atoms with Crippen LogP contribution in [-0.2, 0) is 5.41 Å². The maximum absolute atomic E-state index is 4.10. The second-order valence-electron chi connectivity index (χ2n) is 15.1. The van der Waals surface area contributed by atoms with Crippen LogP contribution in [0.5, 0.6) is 0 Å². The molecule has 0 saturated carbocycles. The van der Waals surface area contributed by atoms with Gasteiger partial charge in [-0.3, -0.25) is 0 Å². The minimum Gasteiger partial charge on any atom is -0.106 e. The third kappa shape index (κ3) is 6.58. The molecule has 8 aromatic rings. The minimum atomic E-state index is -0.0161. The molecule has 1 aliphatic carbocycles. The number of hydrogen-bond acceptors (Lipinski definition) is 0. The fourth-order valence-electron chi connectivity index (χ4n) is 8.74. The van der Waals surface area contributed by atoms with E-state index in [2.05, 4.69) is 213 Å². The fraction of sp³-hybridized carbons (Fsp3) is 0.0877. The minimum absolute atomic E-state index is 0.0161. The normalized spacial score (nSPS) is 12.7. The number of rotatable bonds is 6. The van der Waals surface area contributed by atoms with E-state index < -0.39 is 0 Å². The second kappa shape index (κ2) is 15.8. The summed E-state index contributed by atoms with van der Waals surface area (Å²) in [5, 5.41) is 7.51. The van der Waals surface area contributed by atoms with Crippen molar-refractivity contribution in [1.82, 2.24) is 0 Å². The van der Waals surface area contributed by atoms with Crippen LogP contribution in [0.15, 0.2) is 191 Å². The van der Waals surface area contributed by atoms with Gasteiger partial charge >= 0.3 is 0 Å². The molecule has 0 heterocycles. The maximum atomic E-state index is 4.10. The van der Waals surface area contributed by atoms with Gasteiger partial charge in [-0.2, -0.15) is 0 Å². The number of fused-ring (bicyclic) bond motifs is 4. The molecule has 0 nitrogen and oxygen atoms in total. The van der Waals surface area contributed by atoms with Crippen molar-refractivity contribution >= 4 is 50.0 Å². The Balaban J connectivity index is 0.00000120. The molecule has 0 heteroatoms. The van der Waals surface area contributed by atoms with Crippen molar-refractivity contribution in [3.8, 4) is 44.5 Å². The molecular formula is C57H50. The Morgan fingerprint density at radius 2 is 0.947 bits per heavy atom. The van der Waals surface area contributed by atoms with Crippen LogP contribution in [0.25, 0.3) is 94.6 Å². The van der Waals surface area contributed by atoms with Crippen LogP contribution in [0.1, 0.15) is 49.9 Å². The summed E-state index contributed by atoms with van der Waals surface area (Å²) in [6.45, 7) is 29.4. The molecule has 0 fully saturated rings. The molecule has 0 bridgehead atoms. The van der Waals surface area contributed by atoms with Crippen LogP contribution in [-0.4, -0.2) is 0 Å². The molecule has 0 N–H and O–H groups in total. The summed E-state index contributed by atoms with van der Waals surface area (Å²) in [6.07, 6.45) is 3.82. The van der Waals surface area contributed by atoms with E-state index in [1.807, 2.05) is 12.2 Å². The Hall–Kier alpha value is -6.76. The zero-order valence-electron chi connectivity index (χ0n) is 33.8. The topological polar surface area (TPSA) is 0 Å². The molecule has 278 valence electrons. The standard InChI is InChI=1S/C53H42.2C2H4/c1-7-35-20-22-40(28-36(35)8-2)42-24-27-48-49(31-42)52(43-17-13-16-39(30-43)41-23-21-37-14-9-10-15-38(37)29-41)47-19-12-11-18-46(47)51(48)44-25-26-45-33(3)34(4)53(5,6)50(45)32-44;2*1-2/h7-32H,1-2H2,3-6H3;2*1-2H2. The Morgan fingerprint density at radius 1 is 0.421 bits per heavy atom. The van der Waals surface area contributed by atoms with Crippen molar-refractivity contribution in [3.05, 3.63) is 213 Å². The van der Waals surface area contributed by atoms with E-state index in [-0.39, 0.29) is 5.41 Å². The smallest absolute Gasteiger partial charge is 0.0114 e. The van der Waals surface area contributed by atoms with Gasteiger partial charge in [-0.25, -0.2) is 0 Å². The molecule has 0 saturated heterocycles. The lowest BCUT2D eigenvalue weighted by Gasteiger charge is -2.24. The summed E-state index contributed by atoms with van der Waals surface area (Å²) >= 11 is 0. The third-order valence-corrected chi connectivity index (χ3v) is 12.0. The van der Waals surface area contributed by atoms with Crippen molar-refractivity contribution in [2.24, 2.45) is 0 Å². The van der Waals surface area contributed by atoms with Gasteiger partial charge in [0.25, 0.3) is 0 Å². The predicted octanol–water partition coefficient (Wildman–Crippen LogP) is 16.8. The summed E-state index contributed by atoms with van der Waals surface area (Å²) in [5.41, 5.74) is 17.6. The van der Waals surface area contributed by atoms with Crippen molar-refractivity contribution in [2.45, 2.75) is 33.1 Å². The van der Waals surface area contributed by atoms with Gasteiger partial charge in [-0.05, 0) is 149 Å². The van der Waals surface area contributed by atoms with E-state index in [0.29, 0.717) is 0 Å². The monoisotopic (exact) mass is 734 g/mol. The third-order valence-electron chi connectivity index (χ3n) is 12.0. The van der Waals surface area contributed by atoms with Crippen molar-refractivity contribution in [2.75, 3.05) is 0 Å².